The maximum absolute atomic E-state index is 12.5. The van der Waals surface area contributed by atoms with E-state index in [1.807, 2.05) is 6.92 Å². The molecule has 0 bridgehead atoms. The molecule has 1 aromatic rings. The Morgan fingerprint density at radius 1 is 1.40 bits per heavy atom. The van der Waals surface area contributed by atoms with E-state index in [0.29, 0.717) is 36.8 Å². The fourth-order valence-corrected chi connectivity index (χ4v) is 2.36. The Bertz CT molecular complexity index is 490. The Morgan fingerprint density at radius 3 is 2.75 bits per heavy atom. The fraction of sp³-hybridized carbons (Fsp3) is 0.429. The van der Waals surface area contributed by atoms with Crippen LogP contribution in [-0.4, -0.2) is 48.9 Å². The van der Waals surface area contributed by atoms with Crippen LogP contribution in [0.15, 0.2) is 24.3 Å². The van der Waals surface area contributed by atoms with E-state index in [1.165, 1.54) is 0 Å². The quantitative estimate of drug-likeness (QED) is 0.871. The molecular weight excluding hydrogens is 278 g/mol. The lowest BCUT2D eigenvalue weighted by Gasteiger charge is -2.35. The Labute approximate surface area is 123 Å². The van der Waals surface area contributed by atoms with Gasteiger partial charge in [-0.05, 0) is 31.2 Å². The highest BCUT2D eigenvalue weighted by atomic mass is 35.5. The fourth-order valence-electron chi connectivity index (χ4n) is 2.23. The van der Waals surface area contributed by atoms with Crippen molar-refractivity contribution in [3.63, 3.8) is 0 Å². The van der Waals surface area contributed by atoms with E-state index in [-0.39, 0.29) is 11.8 Å². The molecular formula is C14H18ClN3O2. The van der Waals surface area contributed by atoms with E-state index in [0.717, 1.165) is 0 Å². The number of halogens is 1. The topological polar surface area (TPSA) is 61.4 Å². The molecule has 2 amide bonds. The van der Waals surface area contributed by atoms with Crippen molar-refractivity contribution in [2.45, 2.75) is 13.0 Å². The van der Waals surface area contributed by atoms with Crippen LogP contribution >= 0.6 is 11.6 Å². The van der Waals surface area contributed by atoms with Crippen LogP contribution < -0.4 is 10.6 Å². The minimum absolute atomic E-state index is 0.123. The standard InChI is InChI=1S/C14H18ClN3O2/c1-2-17-13(19)12-9-16-7-8-18(12)14(20)10-3-5-11(15)6-4-10/h3-6,12,16H,2,7-9H2,1H3,(H,17,19). The lowest BCUT2D eigenvalue weighted by Crippen LogP contribution is -2.59. The smallest absolute Gasteiger partial charge is 0.254 e. The van der Waals surface area contributed by atoms with E-state index in [1.54, 1.807) is 29.2 Å². The molecule has 0 aromatic heterocycles. The molecule has 2 rings (SSSR count). The molecule has 1 heterocycles. The van der Waals surface area contributed by atoms with Crippen molar-refractivity contribution < 1.29 is 9.59 Å². The van der Waals surface area contributed by atoms with Gasteiger partial charge in [-0.3, -0.25) is 9.59 Å². The van der Waals surface area contributed by atoms with Crippen LogP contribution in [0, 0.1) is 0 Å². The summed E-state index contributed by atoms with van der Waals surface area (Å²) in [7, 11) is 0. The minimum Gasteiger partial charge on any atom is -0.355 e. The van der Waals surface area contributed by atoms with Crippen LogP contribution in [0.1, 0.15) is 17.3 Å². The summed E-state index contributed by atoms with van der Waals surface area (Å²) in [5.74, 6) is -0.263. The van der Waals surface area contributed by atoms with Crippen molar-refractivity contribution in [3.8, 4) is 0 Å². The van der Waals surface area contributed by atoms with Crippen molar-refractivity contribution in [1.82, 2.24) is 15.5 Å². The van der Waals surface area contributed by atoms with E-state index in [2.05, 4.69) is 10.6 Å². The predicted octanol–water partition coefficient (Wildman–Crippen LogP) is 0.890. The molecule has 1 aliphatic heterocycles. The highest BCUT2D eigenvalue weighted by molar-refractivity contribution is 6.30. The van der Waals surface area contributed by atoms with E-state index >= 15 is 0 Å². The van der Waals surface area contributed by atoms with Crippen molar-refractivity contribution in [2.75, 3.05) is 26.2 Å². The molecule has 2 N–H and O–H groups in total. The molecule has 0 radical (unpaired) electrons. The molecule has 1 aromatic carbocycles. The van der Waals surface area contributed by atoms with Gasteiger partial charge in [0.2, 0.25) is 5.91 Å². The summed E-state index contributed by atoms with van der Waals surface area (Å²) in [6.45, 7) is 4.10. The van der Waals surface area contributed by atoms with Gasteiger partial charge in [-0.1, -0.05) is 11.6 Å². The van der Waals surface area contributed by atoms with Gasteiger partial charge in [0.25, 0.3) is 5.91 Å². The summed E-state index contributed by atoms with van der Waals surface area (Å²) in [5, 5.41) is 6.50. The maximum Gasteiger partial charge on any atom is 0.254 e. The number of likely N-dealkylation sites (N-methyl/N-ethyl adjacent to an activating group) is 1. The predicted molar refractivity (Wildman–Crippen MR) is 77.8 cm³/mol. The Morgan fingerprint density at radius 2 is 2.10 bits per heavy atom. The average molecular weight is 296 g/mol. The van der Waals surface area contributed by atoms with Gasteiger partial charge in [0.15, 0.2) is 0 Å². The van der Waals surface area contributed by atoms with Crippen LogP contribution in [-0.2, 0) is 4.79 Å². The van der Waals surface area contributed by atoms with Gasteiger partial charge >= 0.3 is 0 Å². The first-order valence-corrected chi connectivity index (χ1v) is 7.06. The van der Waals surface area contributed by atoms with Crippen molar-refractivity contribution >= 4 is 23.4 Å². The van der Waals surface area contributed by atoms with Crippen LogP contribution in [0.4, 0.5) is 0 Å². The number of rotatable bonds is 3. The normalized spacial score (nSPS) is 18.7. The summed E-state index contributed by atoms with van der Waals surface area (Å²) >= 11 is 5.82. The Balaban J connectivity index is 2.16. The second kappa shape index (κ2) is 6.72. The number of nitrogens with zero attached hydrogens (tertiary/aromatic N) is 1. The van der Waals surface area contributed by atoms with Gasteiger partial charge in [-0.2, -0.15) is 0 Å². The monoisotopic (exact) mass is 295 g/mol. The molecule has 0 aliphatic carbocycles. The van der Waals surface area contributed by atoms with Crippen molar-refractivity contribution in [3.05, 3.63) is 34.9 Å². The largest absolute Gasteiger partial charge is 0.355 e. The van der Waals surface area contributed by atoms with Gasteiger partial charge < -0.3 is 15.5 Å². The van der Waals surface area contributed by atoms with Crippen molar-refractivity contribution in [1.29, 1.82) is 0 Å². The number of hydrogen-bond donors (Lipinski definition) is 2. The number of piperazine rings is 1. The van der Waals surface area contributed by atoms with Crippen LogP contribution in [0.2, 0.25) is 5.02 Å². The number of carbonyl (C=O) groups excluding carboxylic acids is 2. The zero-order valence-corrected chi connectivity index (χ0v) is 12.1. The summed E-state index contributed by atoms with van der Waals surface area (Å²) in [6, 6.07) is 6.26. The number of nitrogens with one attached hydrogen (secondary N) is 2. The number of benzene rings is 1. The van der Waals surface area contributed by atoms with Gasteiger partial charge in [-0.25, -0.2) is 0 Å². The van der Waals surface area contributed by atoms with Gasteiger partial charge in [0.1, 0.15) is 6.04 Å². The molecule has 1 atom stereocenters. The lowest BCUT2D eigenvalue weighted by molar-refractivity contribution is -0.126. The third kappa shape index (κ3) is 3.29. The number of amides is 2. The SMILES string of the molecule is CCNC(=O)C1CNCCN1C(=O)c1ccc(Cl)cc1. The second-order valence-electron chi connectivity index (χ2n) is 4.62. The Kier molecular flexibility index (Phi) is 4.98. The van der Waals surface area contributed by atoms with Gasteiger partial charge in [-0.15, -0.1) is 0 Å². The van der Waals surface area contributed by atoms with E-state index in [9.17, 15) is 9.59 Å². The molecule has 0 saturated carbocycles. The molecule has 108 valence electrons. The highest BCUT2D eigenvalue weighted by Crippen LogP contribution is 2.14. The zero-order valence-electron chi connectivity index (χ0n) is 11.4. The van der Waals surface area contributed by atoms with E-state index in [4.69, 9.17) is 11.6 Å². The summed E-state index contributed by atoms with van der Waals surface area (Å²) < 4.78 is 0. The summed E-state index contributed by atoms with van der Waals surface area (Å²) in [6.07, 6.45) is 0. The van der Waals surface area contributed by atoms with Crippen LogP contribution in [0.5, 0.6) is 0 Å². The molecule has 1 unspecified atom stereocenters. The Hall–Kier alpha value is -1.59. The zero-order chi connectivity index (χ0) is 14.5. The molecule has 0 spiro atoms. The molecule has 6 heteroatoms. The summed E-state index contributed by atoms with van der Waals surface area (Å²) in [4.78, 5) is 26.2. The third-order valence-corrected chi connectivity index (χ3v) is 3.50. The first kappa shape index (κ1) is 14.8. The first-order chi connectivity index (χ1) is 9.63. The molecule has 20 heavy (non-hydrogen) atoms. The van der Waals surface area contributed by atoms with E-state index < -0.39 is 6.04 Å². The highest BCUT2D eigenvalue weighted by Gasteiger charge is 2.32. The average Bonchev–Trinajstić information content (AvgIpc) is 2.47. The number of hydrogen-bond acceptors (Lipinski definition) is 3. The second-order valence-corrected chi connectivity index (χ2v) is 5.06. The molecule has 5 nitrogen and oxygen atoms in total. The maximum atomic E-state index is 12.5. The van der Waals surface area contributed by atoms with Crippen LogP contribution in [0.3, 0.4) is 0 Å². The molecule has 1 saturated heterocycles. The minimum atomic E-state index is -0.466. The lowest BCUT2D eigenvalue weighted by atomic mass is 10.1. The summed E-state index contributed by atoms with van der Waals surface area (Å²) in [5.41, 5.74) is 0.547. The van der Waals surface area contributed by atoms with Gasteiger partial charge in [0.05, 0.1) is 0 Å². The molecule has 1 aliphatic rings. The first-order valence-electron chi connectivity index (χ1n) is 6.68. The van der Waals surface area contributed by atoms with Gasteiger partial charge in [0, 0.05) is 36.8 Å². The van der Waals surface area contributed by atoms with Crippen molar-refractivity contribution in [2.24, 2.45) is 0 Å². The number of carbonyl (C=O) groups is 2. The molecule has 1 fully saturated rings. The third-order valence-electron chi connectivity index (χ3n) is 3.25. The van der Waals surface area contributed by atoms with Crippen LogP contribution in [0.25, 0.3) is 0 Å².